The van der Waals surface area contributed by atoms with Crippen LogP contribution in [0.5, 0.6) is 5.75 Å². The summed E-state index contributed by atoms with van der Waals surface area (Å²) in [6.45, 7) is 7.94. The number of aliphatic hydroxyl groups excluding tert-OH is 1. The Kier molecular flexibility index (Phi) is 6.42. The first-order chi connectivity index (χ1) is 12.3. The van der Waals surface area contributed by atoms with Crippen LogP contribution in [0.15, 0.2) is 35.6 Å². The van der Waals surface area contributed by atoms with Gasteiger partial charge in [0.2, 0.25) is 0 Å². The first kappa shape index (κ1) is 20.0. The summed E-state index contributed by atoms with van der Waals surface area (Å²) >= 11 is 0. The van der Waals surface area contributed by atoms with Crippen LogP contribution >= 0.6 is 0 Å². The Balaban J connectivity index is 2.40. The van der Waals surface area contributed by atoms with Crippen LogP contribution in [0, 0.1) is 5.92 Å². The van der Waals surface area contributed by atoms with Crippen LogP contribution in [-0.2, 0) is 14.3 Å². The quantitative estimate of drug-likeness (QED) is 0.770. The summed E-state index contributed by atoms with van der Waals surface area (Å²) in [6.07, 6.45) is 0.0328. The first-order valence-electron chi connectivity index (χ1n) is 8.81. The molecule has 2 rings (SSSR count). The zero-order valence-corrected chi connectivity index (χ0v) is 16.0. The maximum Gasteiger partial charge on any atom is 0.290 e. The van der Waals surface area contributed by atoms with E-state index in [1.54, 1.807) is 45.2 Å². The van der Waals surface area contributed by atoms with Gasteiger partial charge in [-0.2, -0.15) is 0 Å². The third kappa shape index (κ3) is 4.07. The van der Waals surface area contributed by atoms with E-state index < -0.39 is 17.7 Å². The molecule has 142 valence electrons. The van der Waals surface area contributed by atoms with Gasteiger partial charge in [-0.1, -0.05) is 26.0 Å². The maximum absolute atomic E-state index is 12.7. The normalized spacial score (nSPS) is 17.6. The van der Waals surface area contributed by atoms with Crippen molar-refractivity contribution >= 4 is 11.7 Å². The van der Waals surface area contributed by atoms with Gasteiger partial charge in [-0.3, -0.25) is 9.59 Å². The number of amides is 1. The number of carbonyl (C=O) groups excluding carboxylic acids is 2. The minimum absolute atomic E-state index is 0.0328. The van der Waals surface area contributed by atoms with Gasteiger partial charge in [-0.05, 0) is 31.5 Å². The van der Waals surface area contributed by atoms with Gasteiger partial charge in [0.25, 0.3) is 5.91 Å². The first-order valence-corrected chi connectivity index (χ1v) is 8.81. The van der Waals surface area contributed by atoms with Gasteiger partial charge in [0, 0.05) is 12.5 Å². The van der Waals surface area contributed by atoms with Gasteiger partial charge in [0.15, 0.2) is 11.5 Å². The molecule has 1 aliphatic rings. The fourth-order valence-corrected chi connectivity index (χ4v) is 2.97. The van der Waals surface area contributed by atoms with E-state index in [4.69, 9.17) is 9.47 Å². The molecule has 0 aromatic heterocycles. The van der Waals surface area contributed by atoms with Crippen molar-refractivity contribution in [2.45, 2.75) is 39.8 Å². The standard InChI is InChI=1S/C20H27NO5/c1-12(2)18(22)16-17(14-6-8-15(25-5)9-7-14)21(20(24)19(16)23)10-11-26-13(3)4/h6-9,12-13,17,23H,10-11H2,1-5H3. The van der Waals surface area contributed by atoms with Crippen molar-refractivity contribution in [3.63, 3.8) is 0 Å². The number of aliphatic hydroxyl groups is 1. The highest BCUT2D eigenvalue weighted by Crippen LogP contribution is 2.39. The summed E-state index contributed by atoms with van der Waals surface area (Å²) in [6, 6.07) is 6.53. The lowest BCUT2D eigenvalue weighted by molar-refractivity contribution is -0.130. The summed E-state index contributed by atoms with van der Waals surface area (Å²) in [5, 5.41) is 10.4. The molecule has 1 aromatic carbocycles. The molecule has 1 unspecified atom stereocenters. The van der Waals surface area contributed by atoms with E-state index in [1.165, 1.54) is 4.90 Å². The number of benzene rings is 1. The van der Waals surface area contributed by atoms with Crippen LogP contribution in [-0.4, -0.2) is 48.1 Å². The highest BCUT2D eigenvalue weighted by Gasteiger charge is 2.43. The Bertz CT molecular complexity index is 691. The molecule has 0 saturated heterocycles. The molecule has 1 heterocycles. The van der Waals surface area contributed by atoms with E-state index in [0.29, 0.717) is 12.4 Å². The minimum atomic E-state index is -0.626. The zero-order chi connectivity index (χ0) is 19.4. The average molecular weight is 361 g/mol. The Hall–Kier alpha value is -2.34. The average Bonchev–Trinajstić information content (AvgIpc) is 2.85. The van der Waals surface area contributed by atoms with Crippen molar-refractivity contribution in [3.05, 3.63) is 41.2 Å². The van der Waals surface area contributed by atoms with E-state index in [1.807, 2.05) is 13.8 Å². The molecule has 0 fully saturated rings. The number of hydrogen-bond donors (Lipinski definition) is 1. The topological polar surface area (TPSA) is 76.1 Å². The second kappa shape index (κ2) is 8.36. The number of rotatable bonds is 8. The molecule has 0 radical (unpaired) electrons. The van der Waals surface area contributed by atoms with Crippen molar-refractivity contribution < 1.29 is 24.2 Å². The molecule has 0 bridgehead atoms. The fraction of sp³-hybridized carbons (Fsp3) is 0.500. The van der Waals surface area contributed by atoms with Gasteiger partial charge >= 0.3 is 0 Å². The van der Waals surface area contributed by atoms with Crippen molar-refractivity contribution in [1.29, 1.82) is 0 Å². The highest BCUT2D eigenvalue weighted by molar-refractivity contribution is 6.09. The number of nitrogens with zero attached hydrogens (tertiary/aromatic N) is 1. The number of carbonyl (C=O) groups is 2. The summed E-state index contributed by atoms with van der Waals surface area (Å²) < 4.78 is 10.7. The van der Waals surface area contributed by atoms with Crippen LogP contribution in [0.25, 0.3) is 0 Å². The lowest BCUT2D eigenvalue weighted by Gasteiger charge is -2.27. The van der Waals surface area contributed by atoms with E-state index in [0.717, 1.165) is 5.56 Å². The van der Waals surface area contributed by atoms with Gasteiger partial charge in [0.05, 0.1) is 31.4 Å². The van der Waals surface area contributed by atoms with Crippen molar-refractivity contribution in [3.8, 4) is 5.75 Å². The predicted molar refractivity (Wildman–Crippen MR) is 98.0 cm³/mol. The van der Waals surface area contributed by atoms with Crippen LogP contribution in [0.3, 0.4) is 0 Å². The molecule has 1 aliphatic heterocycles. The highest BCUT2D eigenvalue weighted by atomic mass is 16.5. The Morgan fingerprint density at radius 2 is 1.81 bits per heavy atom. The van der Waals surface area contributed by atoms with Gasteiger partial charge in [-0.15, -0.1) is 0 Å². The number of ketones is 1. The van der Waals surface area contributed by atoms with Crippen LogP contribution in [0.1, 0.15) is 39.3 Å². The smallest absolute Gasteiger partial charge is 0.290 e. The molecule has 26 heavy (non-hydrogen) atoms. The lowest BCUT2D eigenvalue weighted by Crippen LogP contribution is -2.34. The molecule has 0 saturated carbocycles. The zero-order valence-electron chi connectivity index (χ0n) is 16.0. The Labute approximate surface area is 154 Å². The van der Waals surface area contributed by atoms with Gasteiger partial charge in [0.1, 0.15) is 5.75 Å². The second-order valence-corrected chi connectivity index (χ2v) is 6.88. The molecule has 1 aromatic rings. The molecule has 6 nitrogen and oxygen atoms in total. The molecule has 1 N–H and O–H groups in total. The summed E-state index contributed by atoms with van der Waals surface area (Å²) in [5.41, 5.74) is 0.900. The third-order valence-corrected chi connectivity index (χ3v) is 4.31. The number of Topliss-reactive ketones (excluding diaryl/α,β-unsaturated/α-hetero) is 1. The van der Waals surface area contributed by atoms with E-state index in [9.17, 15) is 14.7 Å². The number of methoxy groups -OCH3 is 1. The molecule has 1 amide bonds. The van der Waals surface area contributed by atoms with E-state index in [2.05, 4.69) is 0 Å². The Morgan fingerprint density at radius 3 is 2.31 bits per heavy atom. The number of ether oxygens (including phenoxy) is 2. The molecule has 0 spiro atoms. The largest absolute Gasteiger partial charge is 0.503 e. The minimum Gasteiger partial charge on any atom is -0.503 e. The molecular formula is C20H27NO5. The lowest BCUT2D eigenvalue weighted by atomic mass is 9.91. The second-order valence-electron chi connectivity index (χ2n) is 6.88. The molecule has 1 atom stereocenters. The molecule has 0 aliphatic carbocycles. The molecular weight excluding hydrogens is 334 g/mol. The van der Waals surface area contributed by atoms with Crippen molar-refractivity contribution in [2.75, 3.05) is 20.3 Å². The maximum atomic E-state index is 12.7. The summed E-state index contributed by atoms with van der Waals surface area (Å²) in [4.78, 5) is 26.8. The van der Waals surface area contributed by atoms with Gasteiger partial charge < -0.3 is 19.5 Å². The van der Waals surface area contributed by atoms with Crippen LogP contribution in [0.2, 0.25) is 0 Å². The van der Waals surface area contributed by atoms with Crippen molar-refractivity contribution in [1.82, 2.24) is 4.90 Å². The number of hydrogen-bond acceptors (Lipinski definition) is 5. The third-order valence-electron chi connectivity index (χ3n) is 4.31. The van der Waals surface area contributed by atoms with E-state index >= 15 is 0 Å². The SMILES string of the molecule is COc1ccc(C2C(C(=O)C(C)C)=C(O)C(=O)N2CCOC(C)C)cc1. The molecule has 6 heteroatoms. The van der Waals surface area contributed by atoms with Crippen LogP contribution < -0.4 is 4.74 Å². The Morgan fingerprint density at radius 1 is 1.19 bits per heavy atom. The predicted octanol–water partition coefficient (Wildman–Crippen LogP) is 3.04. The van der Waals surface area contributed by atoms with Gasteiger partial charge in [-0.25, -0.2) is 0 Å². The monoisotopic (exact) mass is 361 g/mol. The van der Waals surface area contributed by atoms with E-state index in [-0.39, 0.29) is 29.9 Å². The van der Waals surface area contributed by atoms with Crippen molar-refractivity contribution in [2.24, 2.45) is 5.92 Å². The summed E-state index contributed by atoms with van der Waals surface area (Å²) in [5.74, 6) is -0.884. The summed E-state index contributed by atoms with van der Waals surface area (Å²) in [7, 11) is 1.57. The van der Waals surface area contributed by atoms with Crippen LogP contribution in [0.4, 0.5) is 0 Å². The fourth-order valence-electron chi connectivity index (χ4n) is 2.97.